The van der Waals surface area contributed by atoms with Crippen molar-refractivity contribution in [1.82, 2.24) is 15.2 Å². The highest BCUT2D eigenvalue weighted by Gasteiger charge is 2.29. The summed E-state index contributed by atoms with van der Waals surface area (Å²) in [5, 5.41) is 3.82. The van der Waals surface area contributed by atoms with Crippen LogP contribution >= 0.6 is 11.3 Å². The number of carbonyl (C=O) groups excluding carboxylic acids is 2. The molecule has 1 aromatic carbocycles. The minimum absolute atomic E-state index is 0.0661. The highest BCUT2D eigenvalue weighted by Crippen LogP contribution is 2.35. The van der Waals surface area contributed by atoms with Crippen molar-refractivity contribution in [3.05, 3.63) is 53.4 Å². The molecule has 28 heavy (non-hydrogen) atoms. The highest BCUT2D eigenvalue weighted by molar-refractivity contribution is 7.18. The summed E-state index contributed by atoms with van der Waals surface area (Å²) in [5.74, 6) is 0.178. The lowest BCUT2D eigenvalue weighted by Crippen LogP contribution is -2.38. The number of nitrogens with zero attached hydrogens (tertiary/aromatic N) is 2. The van der Waals surface area contributed by atoms with Gasteiger partial charge in [-0.05, 0) is 49.9 Å². The van der Waals surface area contributed by atoms with Gasteiger partial charge in [-0.1, -0.05) is 12.1 Å². The van der Waals surface area contributed by atoms with Crippen LogP contribution in [0.25, 0.3) is 10.2 Å². The van der Waals surface area contributed by atoms with E-state index in [0.29, 0.717) is 25.1 Å². The topological polar surface area (TPSA) is 75.4 Å². The molecule has 1 saturated heterocycles. The van der Waals surface area contributed by atoms with Gasteiger partial charge in [0.1, 0.15) is 5.01 Å². The molecule has 1 aliphatic rings. The van der Waals surface area contributed by atoms with E-state index in [2.05, 4.69) is 11.4 Å². The second-order valence-electron chi connectivity index (χ2n) is 6.96. The van der Waals surface area contributed by atoms with Crippen molar-refractivity contribution < 1.29 is 14.0 Å². The van der Waals surface area contributed by atoms with Crippen LogP contribution in [0.4, 0.5) is 0 Å². The van der Waals surface area contributed by atoms with Gasteiger partial charge in [-0.3, -0.25) is 9.59 Å². The number of carbonyl (C=O) groups is 2. The van der Waals surface area contributed by atoms with E-state index in [4.69, 9.17) is 9.40 Å². The number of nitrogens with one attached hydrogen (secondary N) is 1. The molecule has 0 bridgehead atoms. The van der Waals surface area contributed by atoms with Crippen LogP contribution in [0.5, 0.6) is 0 Å². The Balaban J connectivity index is 1.34. The third kappa shape index (κ3) is 4.09. The van der Waals surface area contributed by atoms with Gasteiger partial charge in [0.05, 0.1) is 22.5 Å². The molecule has 0 saturated carbocycles. The van der Waals surface area contributed by atoms with Crippen LogP contribution in [0, 0.1) is 0 Å². The van der Waals surface area contributed by atoms with E-state index in [1.54, 1.807) is 23.5 Å². The zero-order valence-electron chi connectivity index (χ0n) is 15.6. The first kappa shape index (κ1) is 18.7. The van der Waals surface area contributed by atoms with Crippen LogP contribution in [0.15, 0.2) is 47.1 Å². The number of para-hydroxylation sites is 1. The van der Waals surface area contributed by atoms with E-state index in [-0.39, 0.29) is 17.9 Å². The number of benzene rings is 1. The molecule has 1 N–H and O–H groups in total. The van der Waals surface area contributed by atoms with Crippen molar-refractivity contribution in [3.63, 3.8) is 0 Å². The molecule has 146 valence electrons. The molecule has 2 aromatic heterocycles. The molecule has 4 rings (SSSR count). The van der Waals surface area contributed by atoms with Crippen LogP contribution in [-0.4, -0.2) is 34.8 Å². The molecule has 1 aliphatic heterocycles. The van der Waals surface area contributed by atoms with Crippen LogP contribution in [-0.2, 0) is 4.79 Å². The number of thiazole rings is 1. The summed E-state index contributed by atoms with van der Waals surface area (Å²) in [6.07, 6.45) is 5.60. The number of rotatable bonds is 6. The first-order chi connectivity index (χ1) is 13.7. The number of fused-ring (bicyclic) bond motifs is 1. The molecule has 2 amide bonds. The van der Waals surface area contributed by atoms with Gasteiger partial charge < -0.3 is 14.6 Å². The van der Waals surface area contributed by atoms with Gasteiger partial charge in [-0.2, -0.15) is 0 Å². The SMILES string of the molecule is O=C(NCCCC(=O)N1CCCCC1c1nc2ccccc2s1)c1ccco1. The Bertz CT molecular complexity index is 918. The van der Waals surface area contributed by atoms with E-state index in [0.717, 1.165) is 41.0 Å². The van der Waals surface area contributed by atoms with Crippen LogP contribution in [0.2, 0.25) is 0 Å². The smallest absolute Gasteiger partial charge is 0.286 e. The maximum Gasteiger partial charge on any atom is 0.286 e. The van der Waals surface area contributed by atoms with Gasteiger partial charge in [0.2, 0.25) is 5.91 Å². The van der Waals surface area contributed by atoms with E-state index in [1.165, 1.54) is 6.26 Å². The molecule has 0 spiro atoms. The Labute approximate surface area is 167 Å². The second kappa shape index (κ2) is 8.56. The minimum Gasteiger partial charge on any atom is -0.459 e. The predicted molar refractivity (Wildman–Crippen MR) is 108 cm³/mol. The largest absolute Gasteiger partial charge is 0.459 e. The zero-order chi connectivity index (χ0) is 19.3. The van der Waals surface area contributed by atoms with Crippen LogP contribution in [0.3, 0.4) is 0 Å². The van der Waals surface area contributed by atoms with Crippen molar-refractivity contribution in [2.75, 3.05) is 13.1 Å². The van der Waals surface area contributed by atoms with Crippen LogP contribution < -0.4 is 5.32 Å². The highest BCUT2D eigenvalue weighted by atomic mass is 32.1. The molecular weight excluding hydrogens is 374 g/mol. The molecular formula is C21H23N3O3S. The summed E-state index contributed by atoms with van der Waals surface area (Å²) in [6.45, 7) is 1.23. The number of furan rings is 1. The number of hydrogen-bond donors (Lipinski definition) is 1. The summed E-state index contributed by atoms with van der Waals surface area (Å²) in [5.41, 5.74) is 1.00. The lowest BCUT2D eigenvalue weighted by atomic mass is 10.0. The van der Waals surface area contributed by atoms with Crippen molar-refractivity contribution in [1.29, 1.82) is 0 Å². The number of hydrogen-bond acceptors (Lipinski definition) is 5. The Morgan fingerprint density at radius 3 is 2.93 bits per heavy atom. The van der Waals surface area contributed by atoms with Crippen molar-refractivity contribution in [2.45, 2.75) is 38.1 Å². The number of piperidine rings is 1. The minimum atomic E-state index is -0.247. The fourth-order valence-electron chi connectivity index (χ4n) is 3.60. The molecule has 1 atom stereocenters. The summed E-state index contributed by atoms with van der Waals surface area (Å²) >= 11 is 1.68. The number of likely N-dealkylation sites (tertiary alicyclic amines) is 1. The molecule has 0 radical (unpaired) electrons. The lowest BCUT2D eigenvalue weighted by Gasteiger charge is -2.34. The van der Waals surface area contributed by atoms with Gasteiger partial charge in [0.15, 0.2) is 5.76 Å². The standard InChI is InChI=1S/C21H23N3O3S/c25-19(11-5-12-22-20(26)17-9-6-14-27-17)24-13-4-3-8-16(24)21-23-15-7-1-2-10-18(15)28-21/h1-2,6-7,9-10,14,16H,3-5,8,11-13H2,(H,22,26). The average Bonchev–Trinajstić information content (AvgIpc) is 3.40. The third-order valence-corrected chi connectivity index (χ3v) is 6.15. The van der Waals surface area contributed by atoms with Gasteiger partial charge >= 0.3 is 0 Å². The Kier molecular flexibility index (Phi) is 5.71. The molecule has 7 heteroatoms. The molecule has 0 aliphatic carbocycles. The molecule has 3 aromatic rings. The van der Waals surface area contributed by atoms with Crippen molar-refractivity contribution in [2.24, 2.45) is 0 Å². The van der Waals surface area contributed by atoms with Crippen molar-refractivity contribution in [3.8, 4) is 0 Å². The monoisotopic (exact) mass is 397 g/mol. The Morgan fingerprint density at radius 2 is 2.11 bits per heavy atom. The second-order valence-corrected chi connectivity index (χ2v) is 8.02. The van der Waals surface area contributed by atoms with E-state index < -0.39 is 0 Å². The number of amides is 2. The van der Waals surface area contributed by atoms with Gasteiger partial charge in [0.25, 0.3) is 5.91 Å². The summed E-state index contributed by atoms with van der Waals surface area (Å²) < 4.78 is 6.23. The van der Waals surface area contributed by atoms with Gasteiger partial charge in [-0.15, -0.1) is 11.3 Å². The van der Waals surface area contributed by atoms with Gasteiger partial charge in [0, 0.05) is 19.5 Å². The summed E-state index contributed by atoms with van der Waals surface area (Å²) in [7, 11) is 0. The summed E-state index contributed by atoms with van der Waals surface area (Å²) in [4.78, 5) is 31.5. The molecule has 1 unspecified atom stereocenters. The van der Waals surface area contributed by atoms with E-state index >= 15 is 0 Å². The lowest BCUT2D eigenvalue weighted by molar-refractivity contribution is -0.135. The summed E-state index contributed by atoms with van der Waals surface area (Å²) in [6, 6.07) is 11.5. The van der Waals surface area contributed by atoms with E-state index in [9.17, 15) is 9.59 Å². The fraction of sp³-hybridized carbons (Fsp3) is 0.381. The average molecular weight is 398 g/mol. The molecule has 3 heterocycles. The quantitative estimate of drug-likeness (QED) is 0.634. The number of aromatic nitrogens is 1. The van der Waals surface area contributed by atoms with Crippen LogP contribution in [0.1, 0.15) is 53.7 Å². The fourth-order valence-corrected chi connectivity index (χ4v) is 4.71. The maximum atomic E-state index is 12.8. The molecule has 1 fully saturated rings. The third-order valence-electron chi connectivity index (χ3n) is 5.02. The predicted octanol–water partition coefficient (Wildman–Crippen LogP) is 4.15. The molecule has 6 nitrogen and oxygen atoms in total. The first-order valence-electron chi connectivity index (χ1n) is 9.69. The maximum absolute atomic E-state index is 12.8. The first-order valence-corrected chi connectivity index (χ1v) is 10.5. The Morgan fingerprint density at radius 1 is 1.21 bits per heavy atom. The van der Waals surface area contributed by atoms with E-state index in [1.807, 2.05) is 23.1 Å². The normalized spacial score (nSPS) is 17.0. The Hall–Kier alpha value is -2.67. The van der Waals surface area contributed by atoms with Crippen molar-refractivity contribution >= 4 is 33.4 Å². The zero-order valence-corrected chi connectivity index (χ0v) is 16.4. The van der Waals surface area contributed by atoms with Gasteiger partial charge in [-0.25, -0.2) is 4.98 Å².